The number of carbonyl (C=O) groups is 1. The Kier molecular flexibility index (Phi) is 5.73. The molecule has 0 bridgehead atoms. The van der Waals surface area contributed by atoms with Gasteiger partial charge in [-0.1, -0.05) is 35.9 Å². The van der Waals surface area contributed by atoms with Crippen molar-refractivity contribution in [2.45, 2.75) is 6.04 Å². The molecule has 9 heteroatoms. The van der Waals surface area contributed by atoms with E-state index in [-0.39, 0.29) is 23.7 Å². The molecule has 1 amide bonds. The minimum absolute atomic E-state index is 0.140. The predicted octanol–water partition coefficient (Wildman–Crippen LogP) is 5.39. The second-order valence-electron chi connectivity index (χ2n) is 7.59. The number of benzene rings is 3. The zero-order valence-corrected chi connectivity index (χ0v) is 18.8. The first-order valence-corrected chi connectivity index (χ1v) is 10.8. The molecule has 1 atom stereocenters. The largest absolute Gasteiger partial charge is 0.497 e. The van der Waals surface area contributed by atoms with E-state index in [2.05, 4.69) is 20.7 Å². The smallest absolute Gasteiger partial charge is 0.258 e. The van der Waals surface area contributed by atoms with Crippen molar-refractivity contribution in [2.75, 3.05) is 17.7 Å². The third-order valence-electron chi connectivity index (χ3n) is 5.41. The molecule has 34 heavy (non-hydrogen) atoms. The van der Waals surface area contributed by atoms with Crippen LogP contribution in [-0.2, 0) is 0 Å². The fourth-order valence-electron chi connectivity index (χ4n) is 3.66. The van der Waals surface area contributed by atoms with Crippen molar-refractivity contribution in [2.24, 2.45) is 0 Å². The lowest BCUT2D eigenvalue weighted by Crippen LogP contribution is -2.20. The van der Waals surface area contributed by atoms with E-state index in [0.29, 0.717) is 22.3 Å². The van der Waals surface area contributed by atoms with Crippen molar-refractivity contribution in [1.82, 2.24) is 14.8 Å². The summed E-state index contributed by atoms with van der Waals surface area (Å²) in [5.74, 6) is 0.549. The number of amides is 1. The Hall–Kier alpha value is -4.17. The minimum atomic E-state index is -0.373. The van der Waals surface area contributed by atoms with Gasteiger partial charge in [0.25, 0.3) is 11.9 Å². The summed E-state index contributed by atoms with van der Waals surface area (Å²) >= 11 is 6.04. The van der Waals surface area contributed by atoms with Gasteiger partial charge in [-0.25, -0.2) is 9.07 Å². The number of nitrogens with one attached hydrogen (secondary N) is 2. The van der Waals surface area contributed by atoms with Crippen molar-refractivity contribution < 1.29 is 13.9 Å². The van der Waals surface area contributed by atoms with Crippen LogP contribution in [0.1, 0.15) is 27.5 Å². The van der Waals surface area contributed by atoms with Crippen LogP contribution in [0.4, 0.5) is 16.3 Å². The molecule has 1 aliphatic rings. The molecule has 0 spiro atoms. The van der Waals surface area contributed by atoms with E-state index in [1.807, 2.05) is 18.2 Å². The molecule has 0 unspecified atom stereocenters. The normalized spacial score (nSPS) is 14.6. The number of aromatic nitrogens is 3. The summed E-state index contributed by atoms with van der Waals surface area (Å²) in [4.78, 5) is 17.2. The highest BCUT2D eigenvalue weighted by Crippen LogP contribution is 2.33. The van der Waals surface area contributed by atoms with Gasteiger partial charge in [-0.3, -0.25) is 10.1 Å². The van der Waals surface area contributed by atoms with Crippen LogP contribution in [0.15, 0.2) is 78.9 Å². The molecule has 0 saturated carbocycles. The molecule has 7 nitrogen and oxygen atoms in total. The molecule has 0 radical (unpaired) electrons. The Labute approximate surface area is 199 Å². The maximum Gasteiger partial charge on any atom is 0.258 e. The summed E-state index contributed by atoms with van der Waals surface area (Å²) in [6.45, 7) is 0. The van der Waals surface area contributed by atoms with Crippen molar-refractivity contribution in [1.29, 1.82) is 0 Å². The van der Waals surface area contributed by atoms with E-state index in [0.717, 1.165) is 16.8 Å². The summed E-state index contributed by atoms with van der Waals surface area (Å²) < 4.78 is 20.3. The molecular formula is C25H19ClFN5O2. The molecule has 170 valence electrons. The highest BCUT2D eigenvalue weighted by atomic mass is 35.5. The van der Waals surface area contributed by atoms with Gasteiger partial charge >= 0.3 is 0 Å². The number of hydrogen-bond acceptors (Lipinski definition) is 5. The third kappa shape index (κ3) is 4.35. The monoisotopic (exact) mass is 475 g/mol. The quantitative estimate of drug-likeness (QED) is 0.404. The average Bonchev–Trinajstić information content (AvgIpc) is 3.27. The number of nitrogens with zero attached hydrogens (tertiary/aromatic N) is 3. The lowest BCUT2D eigenvalue weighted by atomic mass is 10.0. The van der Waals surface area contributed by atoms with Crippen LogP contribution in [0.25, 0.3) is 5.70 Å². The number of anilines is 2. The van der Waals surface area contributed by atoms with Gasteiger partial charge in [0, 0.05) is 16.3 Å². The van der Waals surface area contributed by atoms with Crippen molar-refractivity contribution in [3.63, 3.8) is 0 Å². The SMILES string of the molecule is COc1ccc(C(=O)Nc2nc3n(n2)[C@@H](c2ccc(F)cc2)C=C(c2ccc(Cl)cc2)N3)cc1. The molecule has 4 aromatic rings. The summed E-state index contributed by atoms with van der Waals surface area (Å²) in [6, 6.07) is 19.9. The molecule has 1 aromatic heterocycles. The number of methoxy groups -OCH3 is 1. The summed E-state index contributed by atoms with van der Waals surface area (Å²) in [5, 5.41) is 11.1. The van der Waals surface area contributed by atoms with Gasteiger partial charge < -0.3 is 10.1 Å². The zero-order valence-electron chi connectivity index (χ0n) is 18.0. The minimum Gasteiger partial charge on any atom is -0.497 e. The second kappa shape index (κ2) is 8.99. The highest BCUT2D eigenvalue weighted by Gasteiger charge is 2.26. The van der Waals surface area contributed by atoms with Crippen LogP contribution in [0.3, 0.4) is 0 Å². The predicted molar refractivity (Wildman–Crippen MR) is 129 cm³/mol. The van der Waals surface area contributed by atoms with Crippen LogP contribution in [0.2, 0.25) is 5.02 Å². The fourth-order valence-corrected chi connectivity index (χ4v) is 3.78. The first kappa shape index (κ1) is 21.7. The lowest BCUT2D eigenvalue weighted by Gasteiger charge is -2.24. The van der Waals surface area contributed by atoms with Gasteiger partial charge in [-0.2, -0.15) is 4.98 Å². The summed E-state index contributed by atoms with van der Waals surface area (Å²) in [5.41, 5.74) is 2.94. The molecule has 5 rings (SSSR count). The van der Waals surface area contributed by atoms with Crippen LogP contribution in [0, 0.1) is 5.82 Å². The van der Waals surface area contributed by atoms with E-state index >= 15 is 0 Å². The fraction of sp³-hybridized carbons (Fsp3) is 0.0800. The third-order valence-corrected chi connectivity index (χ3v) is 5.66. The van der Waals surface area contributed by atoms with Crippen molar-refractivity contribution in [3.8, 4) is 5.75 Å². The number of halogens is 2. The van der Waals surface area contributed by atoms with Crippen LogP contribution < -0.4 is 15.4 Å². The van der Waals surface area contributed by atoms with Gasteiger partial charge in [0.15, 0.2) is 0 Å². The van der Waals surface area contributed by atoms with E-state index in [1.165, 1.54) is 12.1 Å². The Morgan fingerprint density at radius 3 is 2.44 bits per heavy atom. The van der Waals surface area contributed by atoms with Crippen LogP contribution in [-0.4, -0.2) is 27.8 Å². The van der Waals surface area contributed by atoms with Crippen molar-refractivity contribution >= 4 is 35.1 Å². The standard InChI is InChI=1S/C25H19ClFN5O2/c1-34-20-12-6-17(7-13-20)23(33)29-24-30-25-28-21(15-2-8-18(26)9-3-15)14-22(32(25)31-24)16-4-10-19(27)11-5-16/h2-14,22H,1H3,(H2,28,29,30,31,33)/t22-/m1/s1. The number of hydrogen-bond donors (Lipinski definition) is 2. The first-order valence-electron chi connectivity index (χ1n) is 10.4. The Bertz CT molecular complexity index is 1370. The molecule has 2 heterocycles. The number of rotatable bonds is 5. The van der Waals surface area contributed by atoms with Crippen molar-refractivity contribution in [3.05, 3.63) is 106 Å². The van der Waals surface area contributed by atoms with Gasteiger partial charge in [0.1, 0.15) is 17.6 Å². The van der Waals surface area contributed by atoms with Gasteiger partial charge in [-0.05, 0) is 65.7 Å². The Morgan fingerprint density at radius 2 is 1.76 bits per heavy atom. The zero-order chi connectivity index (χ0) is 23.7. The van der Waals surface area contributed by atoms with E-state index < -0.39 is 0 Å². The lowest BCUT2D eigenvalue weighted by molar-refractivity contribution is 0.102. The van der Waals surface area contributed by atoms with Gasteiger partial charge in [-0.15, -0.1) is 5.10 Å². The molecule has 3 aromatic carbocycles. The number of carbonyl (C=O) groups excluding carboxylic acids is 1. The molecular weight excluding hydrogens is 457 g/mol. The number of fused-ring (bicyclic) bond motifs is 1. The second-order valence-corrected chi connectivity index (χ2v) is 8.03. The topological polar surface area (TPSA) is 81.1 Å². The molecule has 2 N–H and O–H groups in total. The van der Waals surface area contributed by atoms with Gasteiger partial charge in [0.2, 0.25) is 5.95 Å². The van der Waals surface area contributed by atoms with E-state index in [9.17, 15) is 9.18 Å². The molecule has 0 aliphatic carbocycles. The van der Waals surface area contributed by atoms with Gasteiger partial charge in [0.05, 0.1) is 7.11 Å². The molecule has 0 saturated heterocycles. The first-order chi connectivity index (χ1) is 16.5. The number of allylic oxidation sites excluding steroid dienone is 1. The van der Waals surface area contributed by atoms with Crippen LogP contribution in [0.5, 0.6) is 5.75 Å². The summed E-state index contributed by atoms with van der Waals surface area (Å²) in [7, 11) is 1.56. The Morgan fingerprint density at radius 1 is 1.06 bits per heavy atom. The molecule has 1 aliphatic heterocycles. The number of ether oxygens (including phenoxy) is 1. The maximum absolute atomic E-state index is 13.6. The maximum atomic E-state index is 13.6. The van der Waals surface area contributed by atoms with Crippen LogP contribution >= 0.6 is 11.6 Å². The van der Waals surface area contributed by atoms with E-state index in [4.69, 9.17) is 16.3 Å². The highest BCUT2D eigenvalue weighted by molar-refractivity contribution is 6.30. The average molecular weight is 476 g/mol. The van der Waals surface area contributed by atoms with E-state index in [1.54, 1.807) is 60.3 Å². The Balaban J connectivity index is 1.48. The molecule has 0 fully saturated rings. The summed E-state index contributed by atoms with van der Waals surface area (Å²) in [6.07, 6.45) is 1.97.